The highest BCUT2D eigenvalue weighted by Gasteiger charge is 2.31. The molecule has 2 aliphatic rings. The number of nitrogens with one attached hydrogen (secondary N) is 1. The maximum atomic E-state index is 12.9. The molecule has 0 radical (unpaired) electrons. The SMILES string of the molecule is Cn1nc(C(=O)Nc2ccc3c(c2)OCO3)c2c1CCN(C(=O)OC(C)(C)C)C2. The number of hydrogen-bond donors (Lipinski definition) is 1. The number of carbonyl (C=O) groups excluding carboxylic acids is 2. The van der Waals surface area contributed by atoms with Gasteiger partial charge >= 0.3 is 6.09 Å². The minimum absolute atomic E-state index is 0.168. The monoisotopic (exact) mass is 400 g/mol. The third-order valence-electron chi connectivity index (χ3n) is 4.74. The Kier molecular flexibility index (Phi) is 4.60. The van der Waals surface area contributed by atoms with Crippen molar-refractivity contribution in [3.05, 3.63) is 35.2 Å². The first kappa shape index (κ1) is 19.1. The Morgan fingerprint density at radius 1 is 1.21 bits per heavy atom. The highest BCUT2D eigenvalue weighted by molar-refractivity contribution is 6.04. The van der Waals surface area contributed by atoms with Crippen LogP contribution in [0.3, 0.4) is 0 Å². The molecule has 0 unspecified atom stereocenters. The van der Waals surface area contributed by atoms with Crippen LogP contribution in [0.25, 0.3) is 0 Å². The second kappa shape index (κ2) is 6.98. The zero-order valence-corrected chi connectivity index (χ0v) is 16.9. The van der Waals surface area contributed by atoms with Crippen LogP contribution in [0, 0.1) is 0 Å². The van der Waals surface area contributed by atoms with Crippen LogP contribution >= 0.6 is 0 Å². The van der Waals surface area contributed by atoms with E-state index in [0.29, 0.717) is 35.8 Å². The molecule has 2 amide bonds. The molecule has 0 aliphatic carbocycles. The molecule has 3 heterocycles. The Labute approximate surface area is 168 Å². The van der Waals surface area contributed by atoms with Gasteiger partial charge in [-0.05, 0) is 32.9 Å². The Bertz CT molecular complexity index is 976. The number of amides is 2. The number of hydrogen-bond acceptors (Lipinski definition) is 6. The molecule has 2 aliphatic heterocycles. The van der Waals surface area contributed by atoms with Gasteiger partial charge in [-0.15, -0.1) is 0 Å². The van der Waals surface area contributed by atoms with Gasteiger partial charge in [0.15, 0.2) is 17.2 Å². The van der Waals surface area contributed by atoms with Crippen molar-refractivity contribution in [3.63, 3.8) is 0 Å². The Morgan fingerprint density at radius 3 is 2.72 bits per heavy atom. The first-order valence-electron chi connectivity index (χ1n) is 9.45. The van der Waals surface area contributed by atoms with E-state index in [1.165, 1.54) is 0 Å². The van der Waals surface area contributed by atoms with E-state index < -0.39 is 11.7 Å². The van der Waals surface area contributed by atoms with Gasteiger partial charge in [0, 0.05) is 43.0 Å². The number of fused-ring (bicyclic) bond motifs is 2. The lowest BCUT2D eigenvalue weighted by Crippen LogP contribution is -2.40. The fraction of sp³-hybridized carbons (Fsp3) is 0.450. The highest BCUT2D eigenvalue weighted by atomic mass is 16.7. The van der Waals surface area contributed by atoms with Crippen LogP contribution in [0.15, 0.2) is 18.2 Å². The predicted octanol–water partition coefficient (Wildman–Crippen LogP) is 2.69. The molecule has 0 atom stereocenters. The molecule has 0 saturated heterocycles. The standard InChI is InChI=1S/C20H24N4O5/c1-20(2,3)29-19(26)24-8-7-14-13(10-24)17(22-23(14)4)18(25)21-12-5-6-15-16(9-12)28-11-27-15/h5-6,9H,7-8,10-11H2,1-4H3,(H,21,25). The first-order chi connectivity index (χ1) is 13.7. The van der Waals surface area contributed by atoms with Crippen LogP contribution in [0.5, 0.6) is 11.5 Å². The van der Waals surface area contributed by atoms with Crippen molar-refractivity contribution in [3.8, 4) is 11.5 Å². The van der Waals surface area contributed by atoms with Crippen LogP contribution < -0.4 is 14.8 Å². The Morgan fingerprint density at radius 2 is 1.97 bits per heavy atom. The fourth-order valence-electron chi connectivity index (χ4n) is 3.42. The normalized spacial score (nSPS) is 15.1. The van der Waals surface area contributed by atoms with Crippen molar-refractivity contribution in [2.24, 2.45) is 7.05 Å². The minimum atomic E-state index is -0.578. The molecule has 1 aromatic heterocycles. The highest BCUT2D eigenvalue weighted by Crippen LogP contribution is 2.34. The number of aromatic nitrogens is 2. The molecule has 2 aromatic rings. The lowest BCUT2D eigenvalue weighted by molar-refractivity contribution is 0.0222. The van der Waals surface area contributed by atoms with E-state index in [1.54, 1.807) is 34.8 Å². The number of benzene rings is 1. The summed E-state index contributed by atoms with van der Waals surface area (Å²) in [5.41, 5.74) is 1.99. The van der Waals surface area contributed by atoms with Crippen molar-refractivity contribution in [2.75, 3.05) is 18.7 Å². The average Bonchev–Trinajstić information content (AvgIpc) is 3.24. The van der Waals surface area contributed by atoms with Crippen LogP contribution in [0.4, 0.5) is 10.5 Å². The van der Waals surface area contributed by atoms with Gasteiger partial charge in [0.1, 0.15) is 5.60 Å². The van der Waals surface area contributed by atoms with Crippen molar-refractivity contribution in [1.29, 1.82) is 0 Å². The van der Waals surface area contributed by atoms with Gasteiger partial charge in [0.25, 0.3) is 5.91 Å². The summed E-state index contributed by atoms with van der Waals surface area (Å²) in [6.45, 7) is 6.45. The van der Waals surface area contributed by atoms with Gasteiger partial charge in [-0.3, -0.25) is 9.48 Å². The predicted molar refractivity (Wildman–Crippen MR) is 104 cm³/mol. The van der Waals surface area contributed by atoms with Crippen LogP contribution in [-0.4, -0.2) is 45.6 Å². The van der Waals surface area contributed by atoms with Crippen molar-refractivity contribution in [1.82, 2.24) is 14.7 Å². The fourth-order valence-corrected chi connectivity index (χ4v) is 3.42. The van der Waals surface area contributed by atoms with Gasteiger partial charge < -0.3 is 24.4 Å². The van der Waals surface area contributed by atoms with Gasteiger partial charge in [-0.25, -0.2) is 4.79 Å². The van der Waals surface area contributed by atoms with E-state index in [2.05, 4.69) is 10.4 Å². The summed E-state index contributed by atoms with van der Waals surface area (Å²) in [5, 5.41) is 7.25. The Hall–Kier alpha value is -3.23. The van der Waals surface area contributed by atoms with Crippen molar-refractivity contribution < 1.29 is 23.8 Å². The smallest absolute Gasteiger partial charge is 0.410 e. The molecule has 9 heteroatoms. The molecule has 0 spiro atoms. The van der Waals surface area contributed by atoms with Crippen LogP contribution in [-0.2, 0) is 24.8 Å². The van der Waals surface area contributed by atoms with E-state index in [1.807, 2.05) is 20.8 Å². The molecular weight excluding hydrogens is 376 g/mol. The van der Waals surface area contributed by atoms with Crippen LogP contribution in [0.2, 0.25) is 0 Å². The van der Waals surface area contributed by atoms with Crippen molar-refractivity contribution >= 4 is 17.7 Å². The summed E-state index contributed by atoms with van der Waals surface area (Å²) in [6.07, 6.45) is 0.212. The molecular formula is C20H24N4O5. The van der Waals surface area contributed by atoms with E-state index in [0.717, 1.165) is 11.3 Å². The van der Waals surface area contributed by atoms with E-state index in [4.69, 9.17) is 14.2 Å². The number of nitrogens with zero attached hydrogens (tertiary/aromatic N) is 3. The van der Waals surface area contributed by atoms with Gasteiger partial charge in [-0.1, -0.05) is 0 Å². The number of aryl methyl sites for hydroxylation is 1. The zero-order valence-electron chi connectivity index (χ0n) is 16.9. The number of rotatable bonds is 2. The largest absolute Gasteiger partial charge is 0.454 e. The van der Waals surface area contributed by atoms with E-state index >= 15 is 0 Å². The van der Waals surface area contributed by atoms with Gasteiger partial charge in [-0.2, -0.15) is 5.10 Å². The van der Waals surface area contributed by atoms with Crippen molar-refractivity contribution in [2.45, 2.75) is 39.3 Å². The van der Waals surface area contributed by atoms with E-state index in [9.17, 15) is 9.59 Å². The number of anilines is 1. The zero-order chi connectivity index (χ0) is 20.8. The third-order valence-corrected chi connectivity index (χ3v) is 4.74. The lowest BCUT2D eigenvalue weighted by atomic mass is 10.0. The molecule has 0 saturated carbocycles. The Balaban J connectivity index is 1.54. The van der Waals surface area contributed by atoms with Gasteiger partial charge in [0.2, 0.25) is 6.79 Å². The maximum absolute atomic E-state index is 12.9. The number of ether oxygens (including phenoxy) is 3. The topological polar surface area (TPSA) is 94.9 Å². The molecule has 29 heavy (non-hydrogen) atoms. The van der Waals surface area contributed by atoms with Crippen LogP contribution in [0.1, 0.15) is 42.5 Å². The summed E-state index contributed by atoms with van der Waals surface area (Å²) < 4.78 is 17.8. The molecule has 1 N–H and O–H groups in total. The van der Waals surface area contributed by atoms with Gasteiger partial charge in [0.05, 0.1) is 6.54 Å². The third kappa shape index (κ3) is 3.85. The quantitative estimate of drug-likeness (QED) is 0.833. The molecule has 4 rings (SSSR count). The summed E-state index contributed by atoms with van der Waals surface area (Å²) in [6, 6.07) is 5.20. The first-order valence-corrected chi connectivity index (χ1v) is 9.45. The molecule has 0 fully saturated rings. The number of carbonyl (C=O) groups is 2. The summed E-state index contributed by atoms with van der Waals surface area (Å²) in [4.78, 5) is 27.0. The van der Waals surface area contributed by atoms with E-state index in [-0.39, 0.29) is 19.2 Å². The second-order valence-corrected chi connectivity index (χ2v) is 8.07. The minimum Gasteiger partial charge on any atom is -0.454 e. The summed E-state index contributed by atoms with van der Waals surface area (Å²) >= 11 is 0. The maximum Gasteiger partial charge on any atom is 0.410 e. The lowest BCUT2D eigenvalue weighted by Gasteiger charge is -2.30. The molecule has 154 valence electrons. The molecule has 9 nitrogen and oxygen atoms in total. The second-order valence-electron chi connectivity index (χ2n) is 8.07. The molecule has 0 bridgehead atoms. The summed E-state index contributed by atoms with van der Waals surface area (Å²) in [7, 11) is 1.80. The average molecular weight is 400 g/mol. The summed E-state index contributed by atoms with van der Waals surface area (Å²) in [5.74, 6) is 0.889. The molecule has 1 aromatic carbocycles.